The predicted octanol–water partition coefficient (Wildman–Crippen LogP) is 0.732. The fraction of sp³-hybridized carbons (Fsp3) is 0.700. The van der Waals surface area contributed by atoms with Crippen LogP contribution in [0.2, 0.25) is 0 Å². The number of nitrogens with zero attached hydrogens (tertiary/aromatic N) is 4. The van der Waals surface area contributed by atoms with E-state index in [0.29, 0.717) is 6.04 Å². The summed E-state index contributed by atoms with van der Waals surface area (Å²) in [5.41, 5.74) is 0. The Morgan fingerprint density at radius 1 is 1.60 bits per heavy atom. The average Bonchev–Trinajstić information content (AvgIpc) is 2.29. The van der Waals surface area contributed by atoms with Gasteiger partial charge in [0.1, 0.15) is 12.2 Å². The van der Waals surface area contributed by atoms with Gasteiger partial charge in [-0.05, 0) is 26.3 Å². The Bertz CT molecular complexity index is 253. The minimum atomic E-state index is 0.366. The van der Waals surface area contributed by atoms with Gasteiger partial charge in [0, 0.05) is 20.3 Å². The molecule has 1 atom stereocenters. The fourth-order valence-corrected chi connectivity index (χ4v) is 1.72. The highest BCUT2D eigenvalue weighted by Crippen LogP contribution is 2.11. The molecule has 1 rings (SSSR count). The summed E-state index contributed by atoms with van der Waals surface area (Å²) in [5, 5.41) is 9.23. The number of nitrogens with one attached hydrogen (secondary N) is 1. The average molecular weight is 209 g/mol. The van der Waals surface area contributed by atoms with Crippen molar-refractivity contribution >= 4 is 18.9 Å². The van der Waals surface area contributed by atoms with Crippen LogP contribution in [0.3, 0.4) is 0 Å². The molecule has 1 aliphatic heterocycles. The number of aliphatic imine (C=N–C) groups is 2. The van der Waals surface area contributed by atoms with Gasteiger partial charge >= 0.3 is 0 Å². The summed E-state index contributed by atoms with van der Waals surface area (Å²) in [5.74, 6) is 0.837. The second-order valence-electron chi connectivity index (χ2n) is 3.54. The van der Waals surface area contributed by atoms with Gasteiger partial charge < -0.3 is 5.32 Å². The first-order valence-corrected chi connectivity index (χ1v) is 5.21. The van der Waals surface area contributed by atoms with Gasteiger partial charge in [0.05, 0.1) is 6.04 Å². The van der Waals surface area contributed by atoms with Crippen molar-refractivity contribution in [3.63, 3.8) is 0 Å². The molecule has 0 saturated carbocycles. The molecule has 0 bridgehead atoms. The molecular weight excluding hydrogens is 190 g/mol. The van der Waals surface area contributed by atoms with E-state index in [9.17, 15) is 0 Å². The van der Waals surface area contributed by atoms with E-state index in [-0.39, 0.29) is 0 Å². The van der Waals surface area contributed by atoms with Crippen LogP contribution in [-0.2, 0) is 0 Å². The first kappa shape index (κ1) is 11.8. The Morgan fingerprint density at radius 3 is 2.93 bits per heavy atom. The Labute approximate surface area is 91.0 Å². The maximum Gasteiger partial charge on any atom is 0.124 e. The van der Waals surface area contributed by atoms with Gasteiger partial charge in [-0.2, -0.15) is 5.10 Å². The van der Waals surface area contributed by atoms with Crippen LogP contribution in [0.15, 0.2) is 15.1 Å². The van der Waals surface area contributed by atoms with E-state index in [0.717, 1.165) is 25.3 Å². The Kier molecular flexibility index (Phi) is 4.97. The molecule has 0 aromatic carbocycles. The third-order valence-corrected chi connectivity index (χ3v) is 2.46. The Morgan fingerprint density at radius 2 is 2.40 bits per heavy atom. The van der Waals surface area contributed by atoms with Crippen molar-refractivity contribution in [1.82, 2.24) is 10.3 Å². The van der Waals surface area contributed by atoms with Gasteiger partial charge in [-0.25, -0.2) is 10.0 Å². The van der Waals surface area contributed by atoms with E-state index in [1.807, 2.05) is 11.9 Å². The third kappa shape index (κ3) is 3.43. The number of amidine groups is 1. The van der Waals surface area contributed by atoms with Gasteiger partial charge in [-0.15, -0.1) is 0 Å². The standard InChI is InChI=1S/C10H19N5/c1-9(14-8-11-2)15(12-3)10-5-4-6-13-7-10/h8,10,13H,3-7H2,1-2H3/t10-/m1/s1. The van der Waals surface area contributed by atoms with Crippen LogP contribution in [0.4, 0.5) is 0 Å². The molecular formula is C10H19N5. The topological polar surface area (TPSA) is 52.4 Å². The van der Waals surface area contributed by atoms with Crippen molar-refractivity contribution < 1.29 is 0 Å². The van der Waals surface area contributed by atoms with Crippen molar-refractivity contribution in [3.8, 4) is 0 Å². The molecule has 5 nitrogen and oxygen atoms in total. The minimum absolute atomic E-state index is 0.366. The lowest BCUT2D eigenvalue weighted by atomic mass is 10.1. The van der Waals surface area contributed by atoms with Crippen LogP contribution in [0.1, 0.15) is 19.8 Å². The summed E-state index contributed by atoms with van der Waals surface area (Å²) < 4.78 is 0. The molecule has 15 heavy (non-hydrogen) atoms. The highest BCUT2D eigenvalue weighted by molar-refractivity contribution is 5.87. The molecule has 5 heteroatoms. The Hall–Kier alpha value is -1.23. The van der Waals surface area contributed by atoms with E-state index in [2.05, 4.69) is 27.1 Å². The normalized spacial score (nSPS) is 23.1. The molecule has 0 aromatic heterocycles. The fourth-order valence-electron chi connectivity index (χ4n) is 1.72. The van der Waals surface area contributed by atoms with Crippen LogP contribution < -0.4 is 5.32 Å². The third-order valence-electron chi connectivity index (χ3n) is 2.46. The quantitative estimate of drug-likeness (QED) is 0.423. The Balaban J connectivity index is 2.64. The summed E-state index contributed by atoms with van der Waals surface area (Å²) in [7, 11) is 1.70. The maximum absolute atomic E-state index is 4.18. The van der Waals surface area contributed by atoms with Gasteiger partial charge in [-0.3, -0.25) is 4.99 Å². The van der Waals surface area contributed by atoms with Crippen molar-refractivity contribution in [2.45, 2.75) is 25.8 Å². The van der Waals surface area contributed by atoms with Crippen LogP contribution in [-0.4, -0.2) is 50.1 Å². The van der Waals surface area contributed by atoms with Crippen LogP contribution in [0.5, 0.6) is 0 Å². The van der Waals surface area contributed by atoms with Crippen molar-refractivity contribution in [2.75, 3.05) is 20.1 Å². The summed E-state index contributed by atoms with van der Waals surface area (Å²) in [6.45, 7) is 7.54. The molecule has 0 spiro atoms. The van der Waals surface area contributed by atoms with Crippen molar-refractivity contribution in [3.05, 3.63) is 0 Å². The second kappa shape index (κ2) is 6.29. The van der Waals surface area contributed by atoms with E-state index >= 15 is 0 Å². The van der Waals surface area contributed by atoms with Gasteiger partial charge in [0.2, 0.25) is 0 Å². The number of piperidine rings is 1. The molecule has 0 radical (unpaired) electrons. The summed E-state index contributed by atoms with van der Waals surface area (Å²) in [6, 6.07) is 0.366. The SMILES string of the molecule is C=NN(C(C)=NC=NC)[C@@H]1CCCNC1. The first-order chi connectivity index (χ1) is 7.29. The van der Waals surface area contributed by atoms with E-state index in [4.69, 9.17) is 0 Å². The number of hydrogen-bond donors (Lipinski definition) is 1. The first-order valence-electron chi connectivity index (χ1n) is 5.21. The molecule has 84 valence electrons. The van der Waals surface area contributed by atoms with E-state index in [1.165, 1.54) is 12.8 Å². The lowest BCUT2D eigenvalue weighted by Crippen LogP contribution is -2.45. The summed E-state index contributed by atoms with van der Waals surface area (Å²) >= 11 is 0. The van der Waals surface area contributed by atoms with Gasteiger partial charge in [-0.1, -0.05) is 0 Å². The molecule has 0 aliphatic carbocycles. The highest BCUT2D eigenvalue weighted by atomic mass is 15.5. The van der Waals surface area contributed by atoms with Crippen LogP contribution >= 0.6 is 0 Å². The lowest BCUT2D eigenvalue weighted by molar-refractivity contribution is 0.266. The van der Waals surface area contributed by atoms with E-state index < -0.39 is 0 Å². The molecule has 1 fully saturated rings. The molecule has 0 aromatic rings. The lowest BCUT2D eigenvalue weighted by Gasteiger charge is -2.31. The van der Waals surface area contributed by atoms with Crippen LogP contribution in [0.25, 0.3) is 0 Å². The molecule has 1 heterocycles. The monoisotopic (exact) mass is 209 g/mol. The summed E-state index contributed by atoms with van der Waals surface area (Å²) in [4.78, 5) is 8.00. The zero-order valence-electron chi connectivity index (χ0n) is 9.48. The van der Waals surface area contributed by atoms with Crippen LogP contribution in [0, 0.1) is 0 Å². The largest absolute Gasteiger partial charge is 0.315 e. The smallest absolute Gasteiger partial charge is 0.124 e. The molecule has 1 N–H and O–H groups in total. The molecule has 1 saturated heterocycles. The van der Waals surface area contributed by atoms with Gasteiger partial charge in [0.25, 0.3) is 0 Å². The summed E-state index contributed by atoms with van der Waals surface area (Å²) in [6.07, 6.45) is 3.83. The number of hydrogen-bond acceptors (Lipinski definition) is 3. The van der Waals surface area contributed by atoms with E-state index in [1.54, 1.807) is 7.05 Å². The zero-order valence-corrected chi connectivity index (χ0v) is 9.48. The molecule has 1 aliphatic rings. The number of hydrazone groups is 1. The second-order valence-corrected chi connectivity index (χ2v) is 3.54. The van der Waals surface area contributed by atoms with Gasteiger partial charge in [0.15, 0.2) is 0 Å². The molecule has 0 amide bonds. The van der Waals surface area contributed by atoms with Crippen molar-refractivity contribution in [2.24, 2.45) is 15.1 Å². The minimum Gasteiger partial charge on any atom is -0.315 e. The van der Waals surface area contributed by atoms with Crippen molar-refractivity contribution in [1.29, 1.82) is 0 Å². The zero-order chi connectivity index (χ0) is 11.1. The molecule has 0 unspecified atom stereocenters. The predicted molar refractivity (Wildman–Crippen MR) is 64.8 cm³/mol. The highest BCUT2D eigenvalue weighted by Gasteiger charge is 2.20. The number of rotatable bonds is 3. The maximum atomic E-state index is 4.18.